The molecular formula is C15H31NO2. The molecule has 3 nitrogen and oxygen atoms in total. The minimum absolute atomic E-state index is 0.224. The minimum Gasteiger partial charge on any atom is -0.444 e. The summed E-state index contributed by atoms with van der Waals surface area (Å²) in [5.74, 6) is 0. The monoisotopic (exact) mass is 257 g/mol. The van der Waals surface area contributed by atoms with Crippen molar-refractivity contribution in [2.45, 2.75) is 72.8 Å². The van der Waals surface area contributed by atoms with Gasteiger partial charge in [-0.05, 0) is 39.0 Å². The highest BCUT2D eigenvalue weighted by atomic mass is 16.6. The Balaban J connectivity index is 3.71. The van der Waals surface area contributed by atoms with Crippen LogP contribution in [0.2, 0.25) is 0 Å². The Morgan fingerprint density at radius 3 is 2.00 bits per heavy atom. The van der Waals surface area contributed by atoms with E-state index in [4.69, 9.17) is 4.74 Å². The van der Waals surface area contributed by atoms with Crippen LogP contribution in [0, 0.1) is 5.41 Å². The van der Waals surface area contributed by atoms with E-state index in [-0.39, 0.29) is 6.09 Å². The van der Waals surface area contributed by atoms with Crippen molar-refractivity contribution in [1.82, 2.24) is 4.90 Å². The Labute approximate surface area is 113 Å². The molecule has 0 N–H and O–H groups in total. The summed E-state index contributed by atoms with van der Waals surface area (Å²) in [6.07, 6.45) is 4.46. The van der Waals surface area contributed by atoms with Crippen LogP contribution in [0.4, 0.5) is 4.79 Å². The number of carbonyl (C=O) groups excluding carboxylic acids is 1. The molecule has 0 saturated heterocycles. The summed E-state index contributed by atoms with van der Waals surface area (Å²) >= 11 is 0. The quantitative estimate of drug-likeness (QED) is 0.680. The first-order chi connectivity index (χ1) is 8.01. The maximum atomic E-state index is 11.7. The van der Waals surface area contributed by atoms with Crippen molar-refractivity contribution in [1.29, 1.82) is 0 Å². The molecule has 0 aromatic carbocycles. The van der Waals surface area contributed by atoms with Gasteiger partial charge < -0.3 is 9.64 Å². The number of ether oxygens (including phenoxy) is 1. The van der Waals surface area contributed by atoms with Gasteiger partial charge in [-0.25, -0.2) is 4.79 Å². The van der Waals surface area contributed by atoms with E-state index < -0.39 is 5.60 Å². The number of unbranched alkanes of at least 4 members (excludes halogenated alkanes) is 2. The predicted octanol–water partition coefficient (Wildman–Crippen LogP) is 4.46. The van der Waals surface area contributed by atoms with Crippen molar-refractivity contribution < 1.29 is 9.53 Å². The lowest BCUT2D eigenvalue weighted by atomic mass is 9.89. The third-order valence-electron chi connectivity index (χ3n) is 2.63. The van der Waals surface area contributed by atoms with E-state index in [1.165, 1.54) is 19.3 Å². The molecule has 18 heavy (non-hydrogen) atoms. The summed E-state index contributed by atoms with van der Waals surface area (Å²) in [4.78, 5) is 13.4. The first-order valence-corrected chi connectivity index (χ1v) is 6.95. The molecule has 3 heteroatoms. The van der Waals surface area contributed by atoms with Gasteiger partial charge in [0.1, 0.15) is 5.60 Å². The summed E-state index contributed by atoms with van der Waals surface area (Å²) in [6, 6.07) is 0. The highest BCUT2D eigenvalue weighted by Gasteiger charge is 2.19. The zero-order valence-electron chi connectivity index (χ0n) is 13.3. The van der Waals surface area contributed by atoms with Gasteiger partial charge in [0, 0.05) is 13.6 Å². The Kier molecular flexibility index (Phi) is 6.72. The number of hydrogen-bond acceptors (Lipinski definition) is 2. The number of rotatable bonds is 5. The lowest BCUT2D eigenvalue weighted by Gasteiger charge is -2.24. The zero-order chi connectivity index (χ0) is 14.4. The SMILES string of the molecule is CN(CCCCCC(C)(C)C)C(=O)OC(C)(C)C. The molecule has 0 aliphatic carbocycles. The van der Waals surface area contributed by atoms with Crippen LogP contribution in [0.15, 0.2) is 0 Å². The molecule has 0 spiro atoms. The van der Waals surface area contributed by atoms with E-state index in [9.17, 15) is 4.79 Å². The van der Waals surface area contributed by atoms with E-state index >= 15 is 0 Å². The normalized spacial score (nSPS) is 12.4. The van der Waals surface area contributed by atoms with Gasteiger partial charge in [-0.3, -0.25) is 0 Å². The maximum absolute atomic E-state index is 11.7. The largest absolute Gasteiger partial charge is 0.444 e. The van der Waals surface area contributed by atoms with Crippen molar-refractivity contribution in [2.24, 2.45) is 5.41 Å². The van der Waals surface area contributed by atoms with Gasteiger partial charge in [0.15, 0.2) is 0 Å². The molecular weight excluding hydrogens is 226 g/mol. The number of carbonyl (C=O) groups is 1. The molecule has 0 rings (SSSR count). The van der Waals surface area contributed by atoms with Crippen LogP contribution in [-0.4, -0.2) is 30.2 Å². The van der Waals surface area contributed by atoms with Crippen molar-refractivity contribution >= 4 is 6.09 Å². The van der Waals surface area contributed by atoms with Crippen LogP contribution >= 0.6 is 0 Å². The minimum atomic E-state index is -0.405. The number of hydrogen-bond donors (Lipinski definition) is 0. The number of nitrogens with zero attached hydrogens (tertiary/aromatic N) is 1. The first-order valence-electron chi connectivity index (χ1n) is 6.95. The van der Waals surface area contributed by atoms with E-state index in [0.29, 0.717) is 5.41 Å². The molecule has 0 atom stereocenters. The standard InChI is InChI=1S/C15H31NO2/c1-14(2,3)11-9-8-10-12-16(7)13(17)18-15(4,5)6/h8-12H2,1-7H3. The van der Waals surface area contributed by atoms with Gasteiger partial charge in [-0.15, -0.1) is 0 Å². The second kappa shape index (κ2) is 7.01. The smallest absolute Gasteiger partial charge is 0.410 e. The lowest BCUT2D eigenvalue weighted by molar-refractivity contribution is 0.0296. The summed E-state index contributed by atoms with van der Waals surface area (Å²) in [5.41, 5.74) is 0.00858. The second-order valence-electron chi connectivity index (χ2n) is 7.27. The molecule has 1 amide bonds. The van der Waals surface area contributed by atoms with Gasteiger partial charge in [0.05, 0.1) is 0 Å². The number of amides is 1. The molecule has 0 fully saturated rings. The Bertz CT molecular complexity index is 248. The topological polar surface area (TPSA) is 29.5 Å². The summed E-state index contributed by atoms with van der Waals surface area (Å²) in [6.45, 7) is 13.2. The molecule has 0 saturated carbocycles. The predicted molar refractivity (Wildman–Crippen MR) is 76.8 cm³/mol. The van der Waals surface area contributed by atoms with Crippen LogP contribution in [0.5, 0.6) is 0 Å². The summed E-state index contributed by atoms with van der Waals surface area (Å²) < 4.78 is 5.30. The Morgan fingerprint density at radius 2 is 1.56 bits per heavy atom. The zero-order valence-corrected chi connectivity index (χ0v) is 13.3. The first kappa shape index (κ1) is 17.3. The maximum Gasteiger partial charge on any atom is 0.410 e. The van der Waals surface area contributed by atoms with Gasteiger partial charge in [0.2, 0.25) is 0 Å². The van der Waals surface area contributed by atoms with Crippen molar-refractivity contribution in [2.75, 3.05) is 13.6 Å². The summed E-state index contributed by atoms with van der Waals surface area (Å²) in [7, 11) is 1.80. The van der Waals surface area contributed by atoms with Crippen molar-refractivity contribution in [3.8, 4) is 0 Å². The van der Waals surface area contributed by atoms with Crippen molar-refractivity contribution in [3.63, 3.8) is 0 Å². The van der Waals surface area contributed by atoms with Gasteiger partial charge in [-0.2, -0.15) is 0 Å². The van der Waals surface area contributed by atoms with Crippen LogP contribution < -0.4 is 0 Å². The fraction of sp³-hybridized carbons (Fsp3) is 0.933. The van der Waals surface area contributed by atoms with E-state index in [0.717, 1.165) is 13.0 Å². The molecule has 0 aliphatic rings. The molecule has 0 unspecified atom stereocenters. The molecule has 108 valence electrons. The second-order valence-corrected chi connectivity index (χ2v) is 7.27. The Morgan fingerprint density at radius 1 is 1.00 bits per heavy atom. The average molecular weight is 257 g/mol. The molecule has 0 aromatic rings. The fourth-order valence-corrected chi connectivity index (χ4v) is 1.61. The van der Waals surface area contributed by atoms with E-state index in [1.807, 2.05) is 20.8 Å². The molecule has 0 bridgehead atoms. The summed E-state index contributed by atoms with van der Waals surface area (Å²) in [5, 5.41) is 0. The van der Waals surface area contributed by atoms with Crippen LogP contribution in [-0.2, 0) is 4.74 Å². The van der Waals surface area contributed by atoms with E-state index in [1.54, 1.807) is 11.9 Å². The molecule has 0 aromatic heterocycles. The third kappa shape index (κ3) is 10.4. The Hall–Kier alpha value is -0.730. The molecule has 0 radical (unpaired) electrons. The third-order valence-corrected chi connectivity index (χ3v) is 2.63. The molecule has 0 heterocycles. The van der Waals surface area contributed by atoms with Gasteiger partial charge in [-0.1, -0.05) is 33.6 Å². The average Bonchev–Trinajstić information content (AvgIpc) is 2.12. The lowest BCUT2D eigenvalue weighted by Crippen LogP contribution is -2.34. The van der Waals surface area contributed by atoms with Gasteiger partial charge >= 0.3 is 6.09 Å². The van der Waals surface area contributed by atoms with Crippen molar-refractivity contribution in [3.05, 3.63) is 0 Å². The van der Waals surface area contributed by atoms with Crippen LogP contribution in [0.25, 0.3) is 0 Å². The molecule has 0 aliphatic heterocycles. The van der Waals surface area contributed by atoms with Crippen LogP contribution in [0.3, 0.4) is 0 Å². The highest BCUT2D eigenvalue weighted by Crippen LogP contribution is 2.22. The van der Waals surface area contributed by atoms with Gasteiger partial charge in [0.25, 0.3) is 0 Å². The van der Waals surface area contributed by atoms with E-state index in [2.05, 4.69) is 20.8 Å². The van der Waals surface area contributed by atoms with Crippen LogP contribution in [0.1, 0.15) is 67.2 Å². The fourth-order valence-electron chi connectivity index (χ4n) is 1.61. The highest BCUT2D eigenvalue weighted by molar-refractivity contribution is 5.67.